The standard InChI is InChI=1S/C15H21N3O/c1-3-4-10-19-15-11-13(12(2)17)6-7-14(15)18-9-5-8-16/h5-7,9,11-12,18H,8,10,16-17H2,1-2H3/b9-5-/t12-/m1/s1. The highest BCUT2D eigenvalue weighted by Crippen LogP contribution is 2.28. The van der Waals surface area contributed by atoms with Crippen molar-refractivity contribution in [1.29, 1.82) is 0 Å². The van der Waals surface area contributed by atoms with Crippen LogP contribution in [0.5, 0.6) is 5.75 Å². The zero-order chi connectivity index (χ0) is 14.1. The van der Waals surface area contributed by atoms with Gasteiger partial charge in [-0.1, -0.05) is 18.1 Å². The van der Waals surface area contributed by atoms with Crippen LogP contribution in [0.3, 0.4) is 0 Å². The molecule has 0 aliphatic heterocycles. The number of anilines is 1. The predicted octanol–water partition coefficient (Wildman–Crippen LogP) is 1.99. The Balaban J connectivity index is 2.92. The number of nitrogens with two attached hydrogens (primary N) is 2. The molecule has 0 saturated heterocycles. The van der Waals surface area contributed by atoms with E-state index in [1.807, 2.05) is 31.2 Å². The van der Waals surface area contributed by atoms with Crippen molar-refractivity contribution >= 4 is 5.69 Å². The third-order valence-electron chi connectivity index (χ3n) is 2.50. The van der Waals surface area contributed by atoms with Crippen LogP contribution in [0.4, 0.5) is 5.69 Å². The second-order valence-corrected chi connectivity index (χ2v) is 4.04. The van der Waals surface area contributed by atoms with Crippen molar-refractivity contribution in [1.82, 2.24) is 0 Å². The van der Waals surface area contributed by atoms with Crippen LogP contribution in [0.15, 0.2) is 30.5 Å². The monoisotopic (exact) mass is 259 g/mol. The summed E-state index contributed by atoms with van der Waals surface area (Å²) >= 11 is 0. The first-order chi connectivity index (χ1) is 9.19. The van der Waals surface area contributed by atoms with Crippen LogP contribution in [-0.4, -0.2) is 13.2 Å². The molecule has 19 heavy (non-hydrogen) atoms. The highest BCUT2D eigenvalue weighted by molar-refractivity contribution is 5.59. The molecule has 0 saturated carbocycles. The van der Waals surface area contributed by atoms with Crippen LogP contribution in [0.25, 0.3) is 0 Å². The highest BCUT2D eigenvalue weighted by atomic mass is 16.5. The summed E-state index contributed by atoms with van der Waals surface area (Å²) in [6, 6.07) is 5.81. The van der Waals surface area contributed by atoms with Crippen LogP contribution in [0.1, 0.15) is 25.5 Å². The molecule has 0 aromatic heterocycles. The van der Waals surface area contributed by atoms with Gasteiger partial charge in [0, 0.05) is 12.6 Å². The molecule has 1 rings (SSSR count). The fourth-order valence-corrected chi connectivity index (χ4v) is 1.46. The summed E-state index contributed by atoms with van der Waals surface area (Å²) < 4.78 is 5.64. The van der Waals surface area contributed by atoms with E-state index < -0.39 is 0 Å². The van der Waals surface area contributed by atoms with Gasteiger partial charge in [-0.15, -0.1) is 5.92 Å². The van der Waals surface area contributed by atoms with Gasteiger partial charge in [0.2, 0.25) is 0 Å². The van der Waals surface area contributed by atoms with E-state index in [1.54, 1.807) is 13.1 Å². The van der Waals surface area contributed by atoms with Crippen molar-refractivity contribution in [2.45, 2.75) is 19.9 Å². The predicted molar refractivity (Wildman–Crippen MR) is 79.8 cm³/mol. The molecule has 5 N–H and O–H groups in total. The van der Waals surface area contributed by atoms with Crippen molar-refractivity contribution in [2.75, 3.05) is 18.5 Å². The molecule has 0 unspecified atom stereocenters. The number of nitrogens with one attached hydrogen (secondary N) is 1. The average Bonchev–Trinajstić information content (AvgIpc) is 2.40. The van der Waals surface area contributed by atoms with Crippen LogP contribution >= 0.6 is 0 Å². The zero-order valence-corrected chi connectivity index (χ0v) is 11.4. The molecular formula is C15H21N3O. The lowest BCUT2D eigenvalue weighted by atomic mass is 10.1. The van der Waals surface area contributed by atoms with Gasteiger partial charge in [0.05, 0.1) is 5.69 Å². The van der Waals surface area contributed by atoms with Crippen LogP contribution in [-0.2, 0) is 0 Å². The quantitative estimate of drug-likeness (QED) is 0.683. The van der Waals surface area contributed by atoms with Crippen molar-refractivity contribution in [3.8, 4) is 17.6 Å². The smallest absolute Gasteiger partial charge is 0.149 e. The minimum atomic E-state index is -0.0340. The zero-order valence-electron chi connectivity index (χ0n) is 11.4. The van der Waals surface area contributed by atoms with Gasteiger partial charge in [0.25, 0.3) is 0 Å². The lowest BCUT2D eigenvalue weighted by Gasteiger charge is -2.13. The summed E-state index contributed by atoms with van der Waals surface area (Å²) in [4.78, 5) is 0. The van der Waals surface area contributed by atoms with Crippen molar-refractivity contribution < 1.29 is 4.74 Å². The maximum atomic E-state index is 5.87. The van der Waals surface area contributed by atoms with Gasteiger partial charge >= 0.3 is 0 Å². The summed E-state index contributed by atoms with van der Waals surface area (Å²) in [5, 5.41) is 3.13. The third-order valence-corrected chi connectivity index (χ3v) is 2.50. The summed E-state index contributed by atoms with van der Waals surface area (Å²) in [7, 11) is 0. The first kappa shape index (κ1) is 15.1. The first-order valence-corrected chi connectivity index (χ1v) is 6.22. The van der Waals surface area contributed by atoms with E-state index in [-0.39, 0.29) is 6.04 Å². The van der Waals surface area contributed by atoms with Crippen molar-refractivity contribution in [3.05, 3.63) is 36.0 Å². The van der Waals surface area contributed by atoms with Crippen molar-refractivity contribution in [2.24, 2.45) is 11.5 Å². The molecule has 0 bridgehead atoms. The molecule has 0 radical (unpaired) electrons. The Morgan fingerprint density at radius 1 is 1.47 bits per heavy atom. The highest BCUT2D eigenvalue weighted by Gasteiger charge is 2.06. The lowest BCUT2D eigenvalue weighted by Crippen LogP contribution is -2.06. The maximum Gasteiger partial charge on any atom is 0.149 e. The third kappa shape index (κ3) is 5.04. The first-order valence-electron chi connectivity index (χ1n) is 6.22. The van der Waals surface area contributed by atoms with E-state index in [4.69, 9.17) is 16.2 Å². The number of ether oxygens (including phenoxy) is 1. The second-order valence-electron chi connectivity index (χ2n) is 4.04. The topological polar surface area (TPSA) is 73.3 Å². The fraction of sp³-hybridized carbons (Fsp3) is 0.333. The average molecular weight is 259 g/mol. The normalized spacial score (nSPS) is 11.8. The van der Waals surface area contributed by atoms with Gasteiger partial charge in [0.15, 0.2) is 0 Å². The molecular weight excluding hydrogens is 238 g/mol. The van der Waals surface area contributed by atoms with Gasteiger partial charge in [-0.05, 0) is 37.7 Å². The van der Waals surface area contributed by atoms with Crippen LogP contribution in [0, 0.1) is 11.8 Å². The van der Waals surface area contributed by atoms with E-state index in [0.717, 1.165) is 17.0 Å². The van der Waals surface area contributed by atoms with E-state index >= 15 is 0 Å². The van der Waals surface area contributed by atoms with Gasteiger partial charge in [-0.2, -0.15) is 0 Å². The van der Waals surface area contributed by atoms with E-state index in [1.165, 1.54) is 0 Å². The molecule has 4 heteroatoms. The molecule has 0 spiro atoms. The maximum absolute atomic E-state index is 5.87. The molecule has 0 amide bonds. The summed E-state index contributed by atoms with van der Waals surface area (Å²) in [6.07, 6.45) is 3.62. The Morgan fingerprint density at radius 3 is 2.89 bits per heavy atom. The van der Waals surface area contributed by atoms with Crippen molar-refractivity contribution in [3.63, 3.8) is 0 Å². The SMILES string of the molecule is CC#CCOc1cc([C@@H](C)N)ccc1N/C=C\CN. The Kier molecular flexibility index (Phi) is 6.51. The molecule has 1 atom stereocenters. The molecule has 1 aromatic carbocycles. The van der Waals surface area contributed by atoms with Crippen LogP contribution in [0.2, 0.25) is 0 Å². The summed E-state index contributed by atoms with van der Waals surface area (Å²) in [6.45, 7) is 4.56. The Bertz CT molecular complexity index is 484. The second kappa shape index (κ2) is 8.20. The Morgan fingerprint density at radius 2 is 2.26 bits per heavy atom. The molecule has 102 valence electrons. The van der Waals surface area contributed by atoms with Gasteiger partial charge < -0.3 is 21.5 Å². The Hall–Kier alpha value is -1.96. The van der Waals surface area contributed by atoms with Crippen LogP contribution < -0.4 is 21.5 Å². The fourth-order valence-electron chi connectivity index (χ4n) is 1.46. The molecule has 4 nitrogen and oxygen atoms in total. The minimum absolute atomic E-state index is 0.0340. The number of rotatable bonds is 6. The molecule has 0 aliphatic carbocycles. The van der Waals surface area contributed by atoms with E-state index in [2.05, 4.69) is 17.2 Å². The van der Waals surface area contributed by atoms with E-state index in [9.17, 15) is 0 Å². The van der Waals surface area contributed by atoms with Gasteiger partial charge in [-0.25, -0.2) is 0 Å². The molecule has 0 aliphatic rings. The van der Waals surface area contributed by atoms with E-state index in [0.29, 0.717) is 13.2 Å². The molecule has 1 aromatic rings. The number of benzene rings is 1. The molecule has 0 fully saturated rings. The lowest BCUT2D eigenvalue weighted by molar-refractivity contribution is 0.371. The van der Waals surface area contributed by atoms with Gasteiger partial charge in [-0.3, -0.25) is 0 Å². The largest absolute Gasteiger partial charge is 0.479 e. The Labute approximate surface area is 114 Å². The number of hydrogen-bond acceptors (Lipinski definition) is 4. The summed E-state index contributed by atoms with van der Waals surface area (Å²) in [5.41, 5.74) is 13.2. The number of hydrogen-bond donors (Lipinski definition) is 3. The van der Waals surface area contributed by atoms with Gasteiger partial charge in [0.1, 0.15) is 12.4 Å². The summed E-state index contributed by atoms with van der Waals surface area (Å²) in [5.74, 6) is 6.40. The molecule has 0 heterocycles. The minimum Gasteiger partial charge on any atom is -0.479 e.